The summed E-state index contributed by atoms with van der Waals surface area (Å²) in [5.74, 6) is 0.239. The highest BCUT2D eigenvalue weighted by Crippen LogP contribution is 2.27. The molecule has 126 valence electrons. The van der Waals surface area contributed by atoms with E-state index in [1.54, 1.807) is 6.07 Å². The van der Waals surface area contributed by atoms with E-state index >= 15 is 0 Å². The smallest absolute Gasteiger partial charge is 0.270 e. The summed E-state index contributed by atoms with van der Waals surface area (Å²) >= 11 is 1.28. The third-order valence-electron chi connectivity index (χ3n) is 3.85. The summed E-state index contributed by atoms with van der Waals surface area (Å²) in [6, 6.07) is 4.79. The molecule has 1 aromatic carbocycles. The fraction of sp³-hybridized carbons (Fsp3) is 0.400. The van der Waals surface area contributed by atoms with E-state index in [1.807, 2.05) is 0 Å². The second kappa shape index (κ2) is 7.43. The van der Waals surface area contributed by atoms with Gasteiger partial charge in [0.05, 0.1) is 16.9 Å². The summed E-state index contributed by atoms with van der Waals surface area (Å²) in [5, 5.41) is 22.0. The zero-order chi connectivity index (χ0) is 16.9. The molecule has 0 bridgehead atoms. The molecule has 1 N–H and O–H groups in total. The fourth-order valence-corrected chi connectivity index (χ4v) is 3.34. The van der Waals surface area contributed by atoms with Crippen molar-refractivity contribution in [2.24, 2.45) is 10.2 Å². The summed E-state index contributed by atoms with van der Waals surface area (Å²) in [7, 11) is 0. The average molecular weight is 347 g/mol. The molecule has 0 atom stereocenters. The third-order valence-corrected chi connectivity index (χ3v) is 4.71. The topological polar surface area (TPSA) is 100 Å². The Morgan fingerprint density at radius 3 is 2.75 bits per heavy atom. The molecule has 0 spiro atoms. The van der Waals surface area contributed by atoms with Crippen LogP contribution in [0.1, 0.15) is 24.8 Å². The molecule has 0 aromatic heterocycles. The molecule has 2 fully saturated rings. The minimum Gasteiger partial charge on any atom is -0.371 e. The first-order valence-electron chi connectivity index (χ1n) is 7.70. The highest BCUT2D eigenvalue weighted by atomic mass is 32.2. The summed E-state index contributed by atoms with van der Waals surface area (Å²) < 4.78 is 0. The number of thioether (sulfide) groups is 1. The van der Waals surface area contributed by atoms with Gasteiger partial charge in [0.1, 0.15) is 0 Å². The van der Waals surface area contributed by atoms with E-state index in [9.17, 15) is 14.9 Å². The SMILES string of the molecule is O=C1CSC(=NN=Cc2cc([N+](=O)[O-])ccc2N2CCCCC2)N1. The van der Waals surface area contributed by atoms with Crippen molar-refractivity contribution in [2.75, 3.05) is 23.7 Å². The van der Waals surface area contributed by atoms with Crippen LogP contribution in [0.2, 0.25) is 0 Å². The molecule has 0 saturated carbocycles. The second-order valence-corrected chi connectivity index (χ2v) is 6.50. The van der Waals surface area contributed by atoms with Gasteiger partial charge in [-0.1, -0.05) is 11.8 Å². The van der Waals surface area contributed by atoms with Crippen LogP contribution in [0.4, 0.5) is 11.4 Å². The number of piperidine rings is 1. The summed E-state index contributed by atoms with van der Waals surface area (Å²) in [4.78, 5) is 23.9. The molecule has 0 aliphatic carbocycles. The quantitative estimate of drug-likeness (QED) is 0.511. The van der Waals surface area contributed by atoms with Crippen molar-refractivity contribution < 1.29 is 9.72 Å². The number of rotatable bonds is 4. The number of benzene rings is 1. The molecule has 2 heterocycles. The number of anilines is 1. The predicted octanol–water partition coefficient (Wildman–Crippen LogP) is 2.14. The van der Waals surface area contributed by atoms with Crippen molar-refractivity contribution in [1.82, 2.24) is 5.32 Å². The monoisotopic (exact) mass is 347 g/mol. The molecule has 8 nitrogen and oxygen atoms in total. The highest BCUT2D eigenvalue weighted by molar-refractivity contribution is 8.15. The normalized spacial score (nSPS) is 19.9. The molecule has 9 heteroatoms. The molecule has 2 saturated heterocycles. The van der Waals surface area contributed by atoms with Crippen LogP contribution in [0.3, 0.4) is 0 Å². The Labute approximate surface area is 143 Å². The Morgan fingerprint density at radius 2 is 2.08 bits per heavy atom. The zero-order valence-corrected chi connectivity index (χ0v) is 13.8. The summed E-state index contributed by atoms with van der Waals surface area (Å²) in [5.41, 5.74) is 1.60. The van der Waals surface area contributed by atoms with Gasteiger partial charge < -0.3 is 10.2 Å². The van der Waals surface area contributed by atoms with Crippen LogP contribution in [0.15, 0.2) is 28.4 Å². The number of carbonyl (C=O) groups excluding carboxylic acids is 1. The summed E-state index contributed by atoms with van der Waals surface area (Å²) in [6.45, 7) is 1.86. The molecular weight excluding hydrogens is 330 g/mol. The first-order valence-corrected chi connectivity index (χ1v) is 8.69. The number of hydrogen-bond donors (Lipinski definition) is 1. The standard InChI is InChI=1S/C15H17N5O3S/c21-14-10-24-15(17-14)18-16-9-11-8-12(20(22)23)4-5-13(11)19-6-2-1-3-7-19/h4-5,8-9H,1-3,6-7,10H2,(H,17,18,21). The van der Waals surface area contributed by atoms with Gasteiger partial charge in [-0.05, 0) is 25.3 Å². The van der Waals surface area contributed by atoms with Crippen LogP contribution in [0, 0.1) is 10.1 Å². The van der Waals surface area contributed by atoms with Crippen LogP contribution >= 0.6 is 11.8 Å². The van der Waals surface area contributed by atoms with Gasteiger partial charge >= 0.3 is 0 Å². The van der Waals surface area contributed by atoms with Gasteiger partial charge in [0.15, 0.2) is 5.17 Å². The largest absolute Gasteiger partial charge is 0.371 e. The Hall–Kier alpha value is -2.42. The van der Waals surface area contributed by atoms with Gasteiger partial charge in [-0.15, -0.1) is 5.10 Å². The number of non-ortho nitro benzene ring substituents is 1. The number of nitrogens with zero attached hydrogens (tertiary/aromatic N) is 4. The third kappa shape index (κ3) is 3.91. The maximum absolute atomic E-state index is 11.1. The highest BCUT2D eigenvalue weighted by Gasteiger charge is 2.18. The molecule has 24 heavy (non-hydrogen) atoms. The maximum atomic E-state index is 11.1. The number of carbonyl (C=O) groups is 1. The Bertz CT molecular complexity index is 713. The van der Waals surface area contributed by atoms with Crippen LogP contribution in [0.25, 0.3) is 0 Å². The van der Waals surface area contributed by atoms with Crippen molar-refractivity contribution in [2.45, 2.75) is 19.3 Å². The molecule has 3 rings (SSSR count). The first kappa shape index (κ1) is 16.4. The van der Waals surface area contributed by atoms with Crippen LogP contribution in [-0.2, 0) is 4.79 Å². The number of amidine groups is 1. The first-order chi connectivity index (χ1) is 11.6. The van der Waals surface area contributed by atoms with E-state index in [0.29, 0.717) is 16.5 Å². The number of nitro benzene ring substituents is 1. The van der Waals surface area contributed by atoms with E-state index in [2.05, 4.69) is 20.4 Å². The lowest BCUT2D eigenvalue weighted by Crippen LogP contribution is -2.30. The van der Waals surface area contributed by atoms with Crippen molar-refractivity contribution in [3.05, 3.63) is 33.9 Å². The van der Waals surface area contributed by atoms with Gasteiger partial charge in [0.2, 0.25) is 5.91 Å². The van der Waals surface area contributed by atoms with E-state index in [-0.39, 0.29) is 11.6 Å². The van der Waals surface area contributed by atoms with Gasteiger partial charge in [-0.3, -0.25) is 14.9 Å². The predicted molar refractivity (Wildman–Crippen MR) is 94.8 cm³/mol. The van der Waals surface area contributed by atoms with Gasteiger partial charge in [-0.2, -0.15) is 5.10 Å². The Morgan fingerprint density at radius 1 is 1.29 bits per heavy atom. The van der Waals surface area contributed by atoms with E-state index < -0.39 is 4.92 Å². The number of nitrogens with one attached hydrogen (secondary N) is 1. The maximum Gasteiger partial charge on any atom is 0.270 e. The van der Waals surface area contributed by atoms with Gasteiger partial charge in [0.25, 0.3) is 5.69 Å². The molecule has 0 unspecified atom stereocenters. The van der Waals surface area contributed by atoms with Crippen molar-refractivity contribution in [3.8, 4) is 0 Å². The fourth-order valence-electron chi connectivity index (χ4n) is 2.70. The number of nitro groups is 1. The van der Waals surface area contributed by atoms with E-state index in [0.717, 1.165) is 31.6 Å². The van der Waals surface area contributed by atoms with E-state index in [1.165, 1.54) is 36.5 Å². The van der Waals surface area contributed by atoms with Gasteiger partial charge in [-0.25, -0.2) is 0 Å². The molecular formula is C15H17N5O3S. The number of hydrogen-bond acceptors (Lipinski definition) is 7. The van der Waals surface area contributed by atoms with Crippen molar-refractivity contribution in [3.63, 3.8) is 0 Å². The van der Waals surface area contributed by atoms with Crippen LogP contribution in [-0.4, -0.2) is 41.1 Å². The summed E-state index contributed by atoms with van der Waals surface area (Å²) in [6.07, 6.45) is 4.93. The van der Waals surface area contributed by atoms with Crippen LogP contribution < -0.4 is 10.2 Å². The van der Waals surface area contributed by atoms with E-state index in [4.69, 9.17) is 0 Å². The lowest BCUT2D eigenvalue weighted by Gasteiger charge is -2.29. The molecule has 1 aromatic rings. The average Bonchev–Trinajstić information content (AvgIpc) is 3.01. The zero-order valence-electron chi connectivity index (χ0n) is 13.0. The Kier molecular flexibility index (Phi) is 5.09. The molecule has 2 aliphatic heterocycles. The Balaban J connectivity index is 1.86. The minimum absolute atomic E-state index is 0.0217. The molecule has 2 aliphatic rings. The lowest BCUT2D eigenvalue weighted by molar-refractivity contribution is -0.384. The van der Waals surface area contributed by atoms with Crippen molar-refractivity contribution in [1.29, 1.82) is 0 Å². The second-order valence-electron chi connectivity index (χ2n) is 5.53. The molecule has 1 amide bonds. The lowest BCUT2D eigenvalue weighted by atomic mass is 10.1. The van der Waals surface area contributed by atoms with Crippen molar-refractivity contribution >= 4 is 40.4 Å². The number of amides is 1. The van der Waals surface area contributed by atoms with Crippen LogP contribution in [0.5, 0.6) is 0 Å². The minimum atomic E-state index is -0.420. The molecule has 0 radical (unpaired) electrons. The van der Waals surface area contributed by atoms with Gasteiger partial charge in [0, 0.05) is 36.5 Å².